The number of thioether (sulfide) groups is 1. The first kappa shape index (κ1) is 16.1. The van der Waals surface area contributed by atoms with E-state index in [4.69, 9.17) is 0 Å². The highest BCUT2D eigenvalue weighted by molar-refractivity contribution is 8.00. The maximum atomic E-state index is 11.2. The highest BCUT2D eigenvalue weighted by Crippen LogP contribution is 2.27. The molecule has 1 heterocycles. The number of nitrogens with zero attached hydrogens (tertiary/aromatic N) is 1. The molecule has 1 unspecified atom stereocenters. The van der Waals surface area contributed by atoms with E-state index in [2.05, 4.69) is 11.4 Å². The second kappa shape index (κ2) is 7.67. The number of ketones is 1. The van der Waals surface area contributed by atoms with Crippen LogP contribution in [0.3, 0.4) is 0 Å². The van der Waals surface area contributed by atoms with Crippen molar-refractivity contribution < 1.29 is 4.79 Å². The van der Waals surface area contributed by atoms with Crippen molar-refractivity contribution in [1.29, 1.82) is 5.26 Å². The summed E-state index contributed by atoms with van der Waals surface area (Å²) >= 11 is 1.45. The van der Waals surface area contributed by atoms with Crippen LogP contribution in [-0.4, -0.2) is 16.9 Å². The van der Waals surface area contributed by atoms with Crippen LogP contribution in [0, 0.1) is 11.3 Å². The Balaban J connectivity index is 2.26. The Morgan fingerprint density at radius 2 is 2.09 bits per heavy atom. The highest BCUT2D eigenvalue weighted by atomic mass is 32.2. The van der Waals surface area contributed by atoms with Gasteiger partial charge in [0.05, 0.1) is 17.4 Å². The zero-order valence-corrected chi connectivity index (χ0v) is 13.5. The van der Waals surface area contributed by atoms with Crippen LogP contribution in [-0.2, 0) is 4.79 Å². The predicted octanol–water partition coefficient (Wildman–Crippen LogP) is 3.68. The molecular formula is C18H18N2OS. The number of nitrogens with one attached hydrogen (secondary N) is 1. The molecule has 4 heteroatoms. The van der Waals surface area contributed by atoms with Crippen molar-refractivity contribution in [3.63, 3.8) is 0 Å². The third-order valence-corrected chi connectivity index (χ3v) is 4.39. The van der Waals surface area contributed by atoms with Gasteiger partial charge in [0.15, 0.2) is 0 Å². The van der Waals surface area contributed by atoms with Gasteiger partial charge in [0.1, 0.15) is 11.2 Å². The summed E-state index contributed by atoms with van der Waals surface area (Å²) in [7, 11) is 0. The molecule has 1 aromatic carbocycles. The van der Waals surface area contributed by atoms with Gasteiger partial charge in [-0.2, -0.15) is 5.26 Å². The Hall–Kier alpha value is -2.25. The van der Waals surface area contributed by atoms with Crippen molar-refractivity contribution in [3.8, 4) is 6.07 Å². The summed E-state index contributed by atoms with van der Waals surface area (Å²) in [6.07, 6.45) is 5.91. The number of carbonyl (C=O) groups is 1. The summed E-state index contributed by atoms with van der Waals surface area (Å²) in [5, 5.41) is 12.6. The van der Waals surface area contributed by atoms with Crippen LogP contribution >= 0.6 is 11.8 Å². The van der Waals surface area contributed by atoms with Crippen LogP contribution in [0.2, 0.25) is 0 Å². The average molecular weight is 310 g/mol. The molecule has 0 fully saturated rings. The lowest BCUT2D eigenvalue weighted by Crippen LogP contribution is -2.30. The number of allylic oxidation sites excluding steroid dienone is 4. The average Bonchev–Trinajstić information content (AvgIpc) is 2.51. The molecule has 1 aromatic rings. The minimum atomic E-state index is -0.172. The fourth-order valence-electron chi connectivity index (χ4n) is 2.12. The number of benzene rings is 1. The van der Waals surface area contributed by atoms with E-state index in [0.29, 0.717) is 11.3 Å². The quantitative estimate of drug-likeness (QED) is 0.901. The van der Waals surface area contributed by atoms with Crippen LogP contribution in [0.1, 0.15) is 19.4 Å². The lowest BCUT2D eigenvalue weighted by Gasteiger charge is -2.24. The molecule has 0 aromatic heterocycles. The maximum Gasteiger partial charge on any atom is 0.139 e. The first-order valence-electron chi connectivity index (χ1n) is 7.03. The maximum absolute atomic E-state index is 11.2. The van der Waals surface area contributed by atoms with Crippen LogP contribution in [0.4, 0.5) is 0 Å². The number of nitriles is 1. The lowest BCUT2D eigenvalue weighted by atomic mass is 10.0. The summed E-state index contributed by atoms with van der Waals surface area (Å²) in [6.45, 7) is 3.52. The number of hydrogen-bond acceptors (Lipinski definition) is 4. The molecule has 0 radical (unpaired) electrons. The van der Waals surface area contributed by atoms with Crippen LogP contribution in [0.5, 0.6) is 0 Å². The summed E-state index contributed by atoms with van der Waals surface area (Å²) in [4.78, 5) is 11.2. The Kier molecular flexibility index (Phi) is 5.62. The van der Waals surface area contributed by atoms with Gasteiger partial charge in [0.25, 0.3) is 0 Å². The van der Waals surface area contributed by atoms with E-state index in [1.54, 1.807) is 6.92 Å². The summed E-state index contributed by atoms with van der Waals surface area (Å²) in [5.74, 6) is 0.504. The van der Waals surface area contributed by atoms with E-state index in [9.17, 15) is 10.1 Å². The van der Waals surface area contributed by atoms with Crippen LogP contribution in [0.25, 0.3) is 6.08 Å². The molecule has 0 aliphatic carbocycles. The molecule has 0 saturated carbocycles. The van der Waals surface area contributed by atoms with Gasteiger partial charge >= 0.3 is 0 Å². The van der Waals surface area contributed by atoms with Gasteiger partial charge in [0.2, 0.25) is 0 Å². The highest BCUT2D eigenvalue weighted by Gasteiger charge is 2.21. The SMILES string of the molecule is CC(=O)CSC1NC(C)=CC(/C=C/c2ccccc2)=C1C#N. The molecule has 1 aliphatic heterocycles. The van der Waals surface area contributed by atoms with Gasteiger partial charge in [-0.25, -0.2) is 0 Å². The van der Waals surface area contributed by atoms with Crippen molar-refractivity contribution >= 4 is 23.6 Å². The number of Topliss-reactive ketones (excluding diaryl/α,β-unsaturated/α-hetero) is 1. The molecule has 1 N–H and O–H groups in total. The van der Waals surface area contributed by atoms with E-state index >= 15 is 0 Å². The Morgan fingerprint density at radius 1 is 1.36 bits per heavy atom. The predicted molar refractivity (Wildman–Crippen MR) is 91.9 cm³/mol. The Morgan fingerprint density at radius 3 is 2.73 bits per heavy atom. The first-order chi connectivity index (χ1) is 10.6. The van der Waals surface area contributed by atoms with Gasteiger partial charge in [-0.3, -0.25) is 4.79 Å². The molecule has 0 bridgehead atoms. The topological polar surface area (TPSA) is 52.9 Å². The van der Waals surface area contributed by atoms with Crippen molar-refractivity contribution in [1.82, 2.24) is 5.32 Å². The van der Waals surface area contributed by atoms with Crippen molar-refractivity contribution in [2.24, 2.45) is 0 Å². The summed E-state index contributed by atoms with van der Waals surface area (Å²) in [5.41, 5.74) is 3.63. The molecule has 1 aliphatic rings. The smallest absolute Gasteiger partial charge is 0.139 e. The zero-order chi connectivity index (χ0) is 15.9. The third-order valence-electron chi connectivity index (χ3n) is 3.13. The number of hydrogen-bond donors (Lipinski definition) is 1. The summed E-state index contributed by atoms with van der Waals surface area (Å²) in [6, 6.07) is 12.2. The van der Waals surface area contributed by atoms with Crippen LogP contribution in [0.15, 0.2) is 59.3 Å². The van der Waals surface area contributed by atoms with E-state index < -0.39 is 0 Å². The number of carbonyl (C=O) groups excluding carboxylic acids is 1. The van der Waals surface area contributed by atoms with Gasteiger partial charge < -0.3 is 5.32 Å². The van der Waals surface area contributed by atoms with Crippen LogP contribution < -0.4 is 5.32 Å². The Labute approximate surface area is 135 Å². The Bertz CT molecular complexity index is 681. The molecule has 0 saturated heterocycles. The zero-order valence-electron chi connectivity index (χ0n) is 12.7. The fraction of sp³-hybridized carbons (Fsp3) is 0.222. The molecule has 3 nitrogen and oxygen atoms in total. The minimum Gasteiger partial charge on any atom is -0.372 e. The number of dihydropyridines is 1. The van der Waals surface area contributed by atoms with Gasteiger partial charge in [0, 0.05) is 5.70 Å². The van der Waals surface area contributed by atoms with Gasteiger partial charge in [-0.15, -0.1) is 11.8 Å². The molecule has 112 valence electrons. The molecular weight excluding hydrogens is 292 g/mol. The monoisotopic (exact) mass is 310 g/mol. The van der Waals surface area contributed by atoms with E-state index in [1.165, 1.54) is 11.8 Å². The van der Waals surface area contributed by atoms with Crippen molar-refractivity contribution in [3.05, 3.63) is 64.9 Å². The molecule has 0 amide bonds. The van der Waals surface area contributed by atoms with Crippen molar-refractivity contribution in [2.75, 3.05) is 5.75 Å². The standard InChI is InChI=1S/C18H18N2OS/c1-13-10-16(9-8-15-6-4-3-5-7-15)17(11-19)18(20-13)22-12-14(2)21/h3-10,18,20H,12H2,1-2H3/b9-8+. The van der Waals surface area contributed by atoms with E-state index in [1.807, 2.05) is 55.5 Å². The number of rotatable bonds is 5. The van der Waals surface area contributed by atoms with E-state index in [0.717, 1.165) is 16.8 Å². The second-order valence-electron chi connectivity index (χ2n) is 5.09. The largest absolute Gasteiger partial charge is 0.372 e. The molecule has 0 spiro atoms. The molecule has 2 rings (SSSR count). The normalized spacial score (nSPS) is 17.9. The molecule has 1 atom stereocenters. The van der Waals surface area contributed by atoms with Gasteiger partial charge in [-0.05, 0) is 31.1 Å². The van der Waals surface area contributed by atoms with Gasteiger partial charge in [-0.1, -0.05) is 42.5 Å². The first-order valence-corrected chi connectivity index (χ1v) is 8.08. The second-order valence-corrected chi connectivity index (χ2v) is 6.18. The summed E-state index contributed by atoms with van der Waals surface area (Å²) < 4.78 is 0. The fourth-order valence-corrected chi connectivity index (χ4v) is 3.15. The third kappa shape index (κ3) is 4.37. The lowest BCUT2D eigenvalue weighted by molar-refractivity contribution is -0.114. The minimum absolute atomic E-state index is 0.109. The van der Waals surface area contributed by atoms with E-state index in [-0.39, 0.29) is 11.2 Å². The van der Waals surface area contributed by atoms with Crippen molar-refractivity contribution in [2.45, 2.75) is 19.2 Å². The molecule has 22 heavy (non-hydrogen) atoms.